The number of sulfonamides is 1. The lowest BCUT2D eigenvalue weighted by Crippen LogP contribution is -2.48. The normalized spacial score (nSPS) is 13.5. The highest BCUT2D eigenvalue weighted by Crippen LogP contribution is 2.25. The molecule has 146 valence electrons. The lowest BCUT2D eigenvalue weighted by molar-refractivity contribution is -0.122. The molecule has 0 bridgehead atoms. The van der Waals surface area contributed by atoms with Crippen molar-refractivity contribution in [3.63, 3.8) is 0 Å². The van der Waals surface area contributed by atoms with Gasteiger partial charge in [-0.3, -0.25) is 9.10 Å². The first-order valence-corrected chi connectivity index (χ1v) is 10.2. The van der Waals surface area contributed by atoms with Gasteiger partial charge >= 0.3 is 0 Å². The second kappa shape index (κ2) is 8.39. The summed E-state index contributed by atoms with van der Waals surface area (Å²) >= 11 is 0. The monoisotopic (exact) mass is 394 g/mol. The number of methoxy groups -OCH3 is 1. The van der Waals surface area contributed by atoms with Gasteiger partial charge in [-0.05, 0) is 43.7 Å². The molecule has 0 aliphatic rings. The van der Waals surface area contributed by atoms with Crippen molar-refractivity contribution in [2.45, 2.75) is 25.9 Å². The molecule has 8 heteroatoms. The maximum Gasteiger partial charge on any atom is 0.244 e. The van der Waals surface area contributed by atoms with Crippen LogP contribution in [0, 0.1) is 5.82 Å². The van der Waals surface area contributed by atoms with Gasteiger partial charge in [-0.2, -0.15) is 0 Å². The number of nitrogens with one attached hydrogen (secondary N) is 1. The van der Waals surface area contributed by atoms with Crippen LogP contribution in [0.15, 0.2) is 48.5 Å². The number of hydrogen-bond donors (Lipinski definition) is 1. The fraction of sp³-hybridized carbons (Fsp3) is 0.316. The molecule has 0 aliphatic carbocycles. The molecular formula is C19H23FN2O4S. The first kappa shape index (κ1) is 20.7. The first-order chi connectivity index (χ1) is 12.6. The van der Waals surface area contributed by atoms with Gasteiger partial charge in [0, 0.05) is 6.07 Å². The minimum atomic E-state index is -3.73. The quantitative estimate of drug-likeness (QED) is 0.784. The molecule has 2 aromatic rings. The van der Waals surface area contributed by atoms with Gasteiger partial charge in [0.2, 0.25) is 15.9 Å². The molecule has 0 aromatic heterocycles. The van der Waals surface area contributed by atoms with Crippen LogP contribution in [0.5, 0.6) is 5.75 Å². The van der Waals surface area contributed by atoms with E-state index in [9.17, 15) is 17.6 Å². The van der Waals surface area contributed by atoms with Crippen molar-refractivity contribution < 1.29 is 22.3 Å². The molecule has 0 radical (unpaired) electrons. The Morgan fingerprint density at radius 2 is 1.78 bits per heavy atom. The molecule has 6 nitrogen and oxygen atoms in total. The van der Waals surface area contributed by atoms with E-state index in [0.29, 0.717) is 17.0 Å². The summed E-state index contributed by atoms with van der Waals surface area (Å²) in [5, 5.41) is 2.77. The Bertz CT molecular complexity index is 900. The number of carbonyl (C=O) groups excluding carboxylic acids is 1. The summed E-state index contributed by atoms with van der Waals surface area (Å²) < 4.78 is 43.9. The lowest BCUT2D eigenvalue weighted by Gasteiger charge is -2.29. The van der Waals surface area contributed by atoms with Crippen molar-refractivity contribution in [1.29, 1.82) is 0 Å². The molecule has 2 aromatic carbocycles. The van der Waals surface area contributed by atoms with Crippen molar-refractivity contribution in [3.8, 4) is 5.75 Å². The third kappa shape index (κ3) is 5.19. The van der Waals surface area contributed by atoms with Gasteiger partial charge in [-0.25, -0.2) is 12.8 Å². The Morgan fingerprint density at radius 3 is 2.33 bits per heavy atom. The molecule has 0 saturated carbocycles. The van der Waals surface area contributed by atoms with Crippen molar-refractivity contribution in [2.75, 3.05) is 17.7 Å². The molecule has 2 rings (SSSR count). The first-order valence-electron chi connectivity index (χ1n) is 8.32. The van der Waals surface area contributed by atoms with E-state index in [1.54, 1.807) is 43.3 Å². The fourth-order valence-corrected chi connectivity index (χ4v) is 3.89. The van der Waals surface area contributed by atoms with Gasteiger partial charge < -0.3 is 10.1 Å². The SMILES string of the molecule is COc1cccc(N([C@H](C)C(=O)N[C@H](C)c2ccc(F)cc2)S(C)(=O)=O)c1. The largest absolute Gasteiger partial charge is 0.497 e. The maximum atomic E-state index is 13.1. The van der Waals surface area contributed by atoms with Crippen molar-refractivity contribution in [1.82, 2.24) is 5.32 Å². The molecule has 27 heavy (non-hydrogen) atoms. The zero-order valence-electron chi connectivity index (χ0n) is 15.6. The van der Waals surface area contributed by atoms with Gasteiger partial charge in [-0.15, -0.1) is 0 Å². The summed E-state index contributed by atoms with van der Waals surface area (Å²) in [7, 11) is -2.25. The molecule has 0 spiro atoms. The molecular weight excluding hydrogens is 371 g/mol. The highest BCUT2D eigenvalue weighted by atomic mass is 32.2. The third-order valence-corrected chi connectivity index (χ3v) is 5.37. The van der Waals surface area contributed by atoms with Crippen molar-refractivity contribution >= 4 is 21.6 Å². The minimum Gasteiger partial charge on any atom is -0.497 e. The average molecular weight is 394 g/mol. The highest BCUT2D eigenvalue weighted by molar-refractivity contribution is 7.92. The number of ether oxygens (including phenoxy) is 1. The number of carbonyl (C=O) groups is 1. The number of amides is 1. The van der Waals surface area contributed by atoms with E-state index in [0.717, 1.165) is 10.6 Å². The van der Waals surface area contributed by atoms with Gasteiger partial charge in [0.15, 0.2) is 0 Å². The van der Waals surface area contributed by atoms with Gasteiger partial charge in [-0.1, -0.05) is 18.2 Å². The molecule has 2 atom stereocenters. The predicted molar refractivity (Wildman–Crippen MR) is 103 cm³/mol. The maximum absolute atomic E-state index is 13.1. The number of benzene rings is 2. The second-order valence-electron chi connectivity index (χ2n) is 6.22. The van der Waals surface area contributed by atoms with Crippen LogP contribution in [0.4, 0.5) is 10.1 Å². The fourth-order valence-electron chi connectivity index (χ4n) is 2.73. The zero-order valence-corrected chi connectivity index (χ0v) is 16.5. The smallest absolute Gasteiger partial charge is 0.244 e. The molecule has 1 amide bonds. The number of rotatable bonds is 7. The van der Waals surface area contributed by atoms with Crippen molar-refractivity contribution in [2.24, 2.45) is 0 Å². The zero-order chi connectivity index (χ0) is 20.2. The van der Waals surface area contributed by atoms with E-state index in [1.165, 1.54) is 26.2 Å². The summed E-state index contributed by atoms with van der Waals surface area (Å²) in [6.07, 6.45) is 1.04. The van der Waals surface area contributed by atoms with Crippen LogP contribution in [0.1, 0.15) is 25.5 Å². The molecule has 0 aliphatic heterocycles. The van der Waals surface area contributed by atoms with E-state index < -0.39 is 28.0 Å². The second-order valence-corrected chi connectivity index (χ2v) is 8.08. The van der Waals surface area contributed by atoms with Crippen LogP contribution in [-0.4, -0.2) is 33.7 Å². The van der Waals surface area contributed by atoms with Crippen LogP contribution >= 0.6 is 0 Å². The summed E-state index contributed by atoms with van der Waals surface area (Å²) in [4.78, 5) is 12.7. The highest BCUT2D eigenvalue weighted by Gasteiger charge is 2.30. The van der Waals surface area contributed by atoms with Gasteiger partial charge in [0.25, 0.3) is 0 Å². The molecule has 0 unspecified atom stereocenters. The summed E-state index contributed by atoms with van der Waals surface area (Å²) in [5.74, 6) is -0.361. The number of anilines is 1. The Labute approximate surface area is 159 Å². The van der Waals surface area contributed by atoms with Crippen LogP contribution in [0.3, 0.4) is 0 Å². The van der Waals surface area contributed by atoms with Crippen LogP contribution in [0.25, 0.3) is 0 Å². The summed E-state index contributed by atoms with van der Waals surface area (Å²) in [5.41, 5.74) is 1.04. The molecule has 0 saturated heterocycles. The summed E-state index contributed by atoms with van der Waals surface area (Å²) in [6.45, 7) is 3.25. The molecule has 0 fully saturated rings. The summed E-state index contributed by atoms with van der Waals surface area (Å²) in [6, 6.07) is 10.8. The van der Waals surface area contributed by atoms with Crippen molar-refractivity contribution in [3.05, 3.63) is 59.9 Å². The Kier molecular flexibility index (Phi) is 6.43. The molecule has 0 heterocycles. The standard InChI is InChI=1S/C19H23FN2O4S/c1-13(15-8-10-16(20)11-9-15)21-19(23)14(2)22(27(4,24)25)17-6-5-7-18(12-17)26-3/h5-14H,1-4H3,(H,21,23)/t13-,14-/m1/s1. The Balaban J connectivity index is 2.25. The van der Waals surface area contributed by atoms with Crippen LogP contribution in [0.2, 0.25) is 0 Å². The van der Waals surface area contributed by atoms with E-state index >= 15 is 0 Å². The van der Waals surface area contributed by atoms with Crippen LogP contribution < -0.4 is 14.4 Å². The number of halogens is 1. The van der Waals surface area contributed by atoms with Gasteiger partial charge in [0.1, 0.15) is 17.6 Å². The Hall–Kier alpha value is -2.61. The van der Waals surface area contributed by atoms with E-state index in [-0.39, 0.29) is 5.82 Å². The van der Waals surface area contributed by atoms with E-state index in [2.05, 4.69) is 5.32 Å². The minimum absolute atomic E-state index is 0.328. The Morgan fingerprint density at radius 1 is 1.15 bits per heavy atom. The topological polar surface area (TPSA) is 75.7 Å². The third-order valence-electron chi connectivity index (χ3n) is 4.13. The van der Waals surface area contributed by atoms with Crippen LogP contribution in [-0.2, 0) is 14.8 Å². The lowest BCUT2D eigenvalue weighted by atomic mass is 10.1. The number of hydrogen-bond acceptors (Lipinski definition) is 4. The van der Waals surface area contributed by atoms with E-state index in [1.807, 2.05) is 0 Å². The number of nitrogens with zero attached hydrogens (tertiary/aromatic N) is 1. The molecule has 1 N–H and O–H groups in total. The predicted octanol–water partition coefficient (Wildman–Crippen LogP) is 2.87. The average Bonchev–Trinajstić information content (AvgIpc) is 2.61. The van der Waals surface area contributed by atoms with E-state index in [4.69, 9.17) is 4.74 Å². The van der Waals surface area contributed by atoms with Gasteiger partial charge in [0.05, 0.1) is 25.1 Å².